The maximum absolute atomic E-state index is 5.29. The molecule has 0 N–H and O–H groups in total. The van der Waals surface area contributed by atoms with Gasteiger partial charge in [0.05, 0.1) is 24.7 Å². The Labute approximate surface area is 110 Å². The Morgan fingerprint density at radius 1 is 1.26 bits per heavy atom. The average Bonchev–Trinajstić information content (AvgIpc) is 2.85. The predicted octanol–water partition coefficient (Wildman–Crippen LogP) is 2.50. The van der Waals surface area contributed by atoms with Crippen molar-refractivity contribution in [3.8, 4) is 17.0 Å². The molecule has 0 bridgehead atoms. The van der Waals surface area contributed by atoms with Gasteiger partial charge in [-0.05, 0) is 36.6 Å². The summed E-state index contributed by atoms with van der Waals surface area (Å²) in [4.78, 5) is 8.85. The van der Waals surface area contributed by atoms with Gasteiger partial charge in [-0.25, -0.2) is 4.98 Å². The molecule has 2 aromatic heterocycles. The Bertz CT molecular complexity index is 776. The van der Waals surface area contributed by atoms with Crippen molar-refractivity contribution in [2.75, 3.05) is 7.11 Å². The molecule has 0 amide bonds. The lowest BCUT2D eigenvalue weighted by Gasteiger charge is -2.16. The summed E-state index contributed by atoms with van der Waals surface area (Å²) in [6.07, 6.45) is 7.62. The summed E-state index contributed by atoms with van der Waals surface area (Å²) in [6.45, 7) is 0. The van der Waals surface area contributed by atoms with Gasteiger partial charge in [-0.2, -0.15) is 0 Å². The summed E-state index contributed by atoms with van der Waals surface area (Å²) in [6, 6.07) is 6.21. The number of ether oxygens (including phenoxy) is 1. The molecule has 1 aliphatic rings. The monoisotopic (exact) mass is 251 g/mol. The quantitative estimate of drug-likeness (QED) is 0.667. The third kappa shape index (κ3) is 1.46. The summed E-state index contributed by atoms with van der Waals surface area (Å²) >= 11 is 0. The van der Waals surface area contributed by atoms with Crippen LogP contribution in [0.4, 0.5) is 0 Å². The normalized spacial score (nSPS) is 13.1. The van der Waals surface area contributed by atoms with Gasteiger partial charge in [0.2, 0.25) is 0 Å². The van der Waals surface area contributed by atoms with Crippen LogP contribution in [0.15, 0.2) is 36.8 Å². The summed E-state index contributed by atoms with van der Waals surface area (Å²) < 4.78 is 7.43. The van der Waals surface area contributed by atoms with Crippen LogP contribution in [0.2, 0.25) is 0 Å². The second-order valence-electron chi connectivity index (χ2n) is 4.73. The van der Waals surface area contributed by atoms with E-state index in [4.69, 9.17) is 9.72 Å². The van der Waals surface area contributed by atoms with Crippen molar-refractivity contribution < 1.29 is 4.74 Å². The molecule has 1 aromatic carbocycles. The highest BCUT2D eigenvalue weighted by Crippen LogP contribution is 2.35. The van der Waals surface area contributed by atoms with Gasteiger partial charge in [-0.15, -0.1) is 0 Å². The molecular formula is C15H13N3O. The van der Waals surface area contributed by atoms with E-state index in [-0.39, 0.29) is 0 Å². The van der Waals surface area contributed by atoms with Crippen LogP contribution in [0, 0.1) is 0 Å². The van der Waals surface area contributed by atoms with Crippen LogP contribution in [-0.4, -0.2) is 21.5 Å². The molecule has 0 radical (unpaired) electrons. The predicted molar refractivity (Wildman–Crippen MR) is 72.4 cm³/mol. The Morgan fingerprint density at radius 3 is 3.11 bits per heavy atom. The number of benzene rings is 1. The van der Waals surface area contributed by atoms with Crippen molar-refractivity contribution in [3.05, 3.63) is 48.0 Å². The van der Waals surface area contributed by atoms with Crippen LogP contribution in [0.5, 0.6) is 5.75 Å². The third-order valence-electron chi connectivity index (χ3n) is 3.73. The molecule has 0 saturated heterocycles. The lowest BCUT2D eigenvalue weighted by atomic mass is 9.92. The van der Waals surface area contributed by atoms with E-state index < -0.39 is 0 Å². The highest BCUT2D eigenvalue weighted by molar-refractivity contribution is 5.72. The van der Waals surface area contributed by atoms with Gasteiger partial charge in [-0.1, -0.05) is 0 Å². The van der Waals surface area contributed by atoms with Crippen molar-refractivity contribution >= 4 is 5.65 Å². The number of rotatable bonds is 1. The Kier molecular flexibility index (Phi) is 2.12. The molecule has 94 valence electrons. The fourth-order valence-electron chi connectivity index (χ4n) is 2.80. The van der Waals surface area contributed by atoms with E-state index in [0.29, 0.717) is 0 Å². The van der Waals surface area contributed by atoms with Crippen molar-refractivity contribution in [2.45, 2.75) is 12.8 Å². The number of methoxy groups -OCH3 is 1. The molecular weight excluding hydrogens is 238 g/mol. The van der Waals surface area contributed by atoms with Gasteiger partial charge in [0.25, 0.3) is 0 Å². The first-order valence-corrected chi connectivity index (χ1v) is 6.35. The molecule has 19 heavy (non-hydrogen) atoms. The molecule has 3 aromatic rings. The standard InChI is InChI=1S/C15H13N3O/c1-19-11-3-4-12-10(8-11)2-5-13-15(12)17-14-9-16-6-7-18(13)14/h3-4,6-9H,2,5H2,1H3. The molecule has 0 aliphatic heterocycles. The van der Waals surface area contributed by atoms with Crippen LogP contribution in [0.1, 0.15) is 11.3 Å². The number of hydrogen-bond acceptors (Lipinski definition) is 3. The van der Waals surface area contributed by atoms with Gasteiger partial charge in [-0.3, -0.25) is 4.98 Å². The minimum absolute atomic E-state index is 0.910. The molecule has 4 heteroatoms. The van der Waals surface area contributed by atoms with Gasteiger partial charge in [0, 0.05) is 18.0 Å². The SMILES string of the molecule is COc1ccc2c(c1)CCc1c-2nc2cnccn12. The number of nitrogens with zero attached hydrogens (tertiary/aromatic N) is 3. The smallest absolute Gasteiger partial charge is 0.156 e. The molecule has 1 aliphatic carbocycles. The molecule has 0 saturated carbocycles. The Morgan fingerprint density at radius 2 is 2.21 bits per heavy atom. The summed E-state index contributed by atoms with van der Waals surface area (Å²) in [7, 11) is 1.70. The van der Waals surface area contributed by atoms with E-state index in [1.807, 2.05) is 18.5 Å². The summed E-state index contributed by atoms with van der Waals surface area (Å²) in [5, 5.41) is 0. The number of fused-ring (bicyclic) bond motifs is 5. The number of aromatic nitrogens is 3. The van der Waals surface area contributed by atoms with E-state index in [1.165, 1.54) is 16.8 Å². The molecule has 4 rings (SSSR count). The Balaban J connectivity index is 1.99. The second-order valence-corrected chi connectivity index (χ2v) is 4.73. The molecule has 4 nitrogen and oxygen atoms in total. The van der Waals surface area contributed by atoms with E-state index in [9.17, 15) is 0 Å². The highest BCUT2D eigenvalue weighted by Gasteiger charge is 2.21. The van der Waals surface area contributed by atoms with Gasteiger partial charge in [0.1, 0.15) is 5.75 Å². The molecule has 0 unspecified atom stereocenters. The summed E-state index contributed by atoms with van der Waals surface area (Å²) in [5.41, 5.74) is 5.79. The van der Waals surface area contributed by atoms with Crippen LogP contribution in [0.3, 0.4) is 0 Å². The van der Waals surface area contributed by atoms with Crippen LogP contribution < -0.4 is 4.74 Å². The van der Waals surface area contributed by atoms with Gasteiger partial charge in [0.15, 0.2) is 5.65 Å². The maximum atomic E-state index is 5.29. The molecule has 0 spiro atoms. The first-order valence-electron chi connectivity index (χ1n) is 6.35. The van der Waals surface area contributed by atoms with Crippen molar-refractivity contribution in [1.29, 1.82) is 0 Å². The number of aryl methyl sites for hydroxylation is 2. The van der Waals surface area contributed by atoms with E-state index in [2.05, 4.69) is 21.5 Å². The van der Waals surface area contributed by atoms with E-state index >= 15 is 0 Å². The molecule has 2 heterocycles. The minimum atomic E-state index is 0.910. The number of hydrogen-bond donors (Lipinski definition) is 0. The molecule has 0 fully saturated rings. The largest absolute Gasteiger partial charge is 0.497 e. The fourth-order valence-corrected chi connectivity index (χ4v) is 2.80. The lowest BCUT2D eigenvalue weighted by molar-refractivity contribution is 0.414. The first kappa shape index (κ1) is 10.6. The van der Waals surface area contributed by atoms with Crippen LogP contribution in [0.25, 0.3) is 16.9 Å². The minimum Gasteiger partial charge on any atom is -0.497 e. The van der Waals surface area contributed by atoms with Gasteiger partial charge < -0.3 is 9.14 Å². The van der Waals surface area contributed by atoms with E-state index in [1.54, 1.807) is 13.3 Å². The number of imidazole rings is 1. The van der Waals surface area contributed by atoms with Crippen molar-refractivity contribution in [2.24, 2.45) is 0 Å². The highest BCUT2D eigenvalue weighted by atomic mass is 16.5. The van der Waals surface area contributed by atoms with Crippen molar-refractivity contribution in [1.82, 2.24) is 14.4 Å². The lowest BCUT2D eigenvalue weighted by Crippen LogP contribution is -2.05. The van der Waals surface area contributed by atoms with Crippen LogP contribution in [-0.2, 0) is 12.8 Å². The zero-order valence-electron chi connectivity index (χ0n) is 10.6. The third-order valence-corrected chi connectivity index (χ3v) is 3.73. The second kappa shape index (κ2) is 3.82. The molecule has 0 atom stereocenters. The zero-order chi connectivity index (χ0) is 12.8. The van der Waals surface area contributed by atoms with E-state index in [0.717, 1.165) is 29.9 Å². The summed E-state index contributed by atoms with van der Waals surface area (Å²) in [5.74, 6) is 0.910. The topological polar surface area (TPSA) is 39.4 Å². The maximum Gasteiger partial charge on any atom is 0.156 e. The van der Waals surface area contributed by atoms with Crippen molar-refractivity contribution in [3.63, 3.8) is 0 Å². The first-order chi connectivity index (χ1) is 9.36. The zero-order valence-corrected chi connectivity index (χ0v) is 10.6. The Hall–Kier alpha value is -2.36. The average molecular weight is 251 g/mol. The van der Waals surface area contributed by atoms with Gasteiger partial charge >= 0.3 is 0 Å². The van der Waals surface area contributed by atoms with Crippen LogP contribution >= 0.6 is 0 Å². The fraction of sp³-hybridized carbons (Fsp3) is 0.200.